The number of rotatable bonds is 8. The molecule has 1 unspecified atom stereocenters. The Labute approximate surface area is 163 Å². The van der Waals surface area contributed by atoms with Crippen LogP contribution in [0.5, 0.6) is 0 Å². The van der Waals surface area contributed by atoms with Crippen molar-refractivity contribution in [3.8, 4) is 0 Å². The number of benzene rings is 2. The molecule has 2 rings (SSSR count). The van der Waals surface area contributed by atoms with Gasteiger partial charge in [0.25, 0.3) is 0 Å². The molecule has 0 bridgehead atoms. The first-order chi connectivity index (χ1) is 13.0. The molecule has 2 aromatic rings. The van der Waals surface area contributed by atoms with Crippen LogP contribution in [0.15, 0.2) is 72.3 Å². The lowest BCUT2D eigenvalue weighted by Gasteiger charge is -2.06. The van der Waals surface area contributed by atoms with E-state index >= 15 is 0 Å². The van der Waals surface area contributed by atoms with E-state index in [0.717, 1.165) is 18.4 Å². The van der Waals surface area contributed by atoms with Gasteiger partial charge in [-0.3, -0.25) is 0 Å². The van der Waals surface area contributed by atoms with E-state index in [0.29, 0.717) is 24.7 Å². The average molecular weight is 369 g/mol. The van der Waals surface area contributed by atoms with Crippen LogP contribution in [0.2, 0.25) is 0 Å². The fourth-order valence-corrected chi connectivity index (χ4v) is 2.40. The predicted octanol–water partition coefficient (Wildman–Crippen LogP) is 5.79. The number of aliphatic hydroxyl groups is 1. The molecule has 0 amide bonds. The first kappa shape index (κ1) is 22.7. The summed E-state index contributed by atoms with van der Waals surface area (Å²) >= 11 is 0. The largest absolute Gasteiger partial charge is 0.457 e. The smallest absolute Gasteiger partial charge is 0.338 e. The molecule has 2 aromatic carbocycles. The van der Waals surface area contributed by atoms with Gasteiger partial charge < -0.3 is 9.84 Å². The fourth-order valence-electron chi connectivity index (χ4n) is 2.40. The molecule has 0 spiro atoms. The number of aliphatic hydroxyl groups excluding tert-OH is 1. The SMILES string of the molecule is CC(C)=CCCC(C)CCO.O=C(OCc1ccccc1)c1ccccc1. The van der Waals surface area contributed by atoms with Gasteiger partial charge in [-0.05, 0) is 56.7 Å². The zero-order valence-corrected chi connectivity index (χ0v) is 16.7. The maximum Gasteiger partial charge on any atom is 0.338 e. The second kappa shape index (κ2) is 13.8. The molecular weight excluding hydrogens is 336 g/mol. The van der Waals surface area contributed by atoms with Crippen molar-refractivity contribution in [3.63, 3.8) is 0 Å². The normalized spacial score (nSPS) is 11.0. The van der Waals surface area contributed by atoms with Crippen LogP contribution in [0.1, 0.15) is 56.0 Å². The summed E-state index contributed by atoms with van der Waals surface area (Å²) in [5.41, 5.74) is 2.96. The molecule has 1 atom stereocenters. The van der Waals surface area contributed by atoms with E-state index in [2.05, 4.69) is 26.8 Å². The van der Waals surface area contributed by atoms with E-state index in [1.54, 1.807) is 12.1 Å². The molecule has 3 heteroatoms. The quantitative estimate of drug-likeness (QED) is 0.473. The average Bonchev–Trinajstić information content (AvgIpc) is 2.68. The number of hydrogen-bond donors (Lipinski definition) is 1. The highest BCUT2D eigenvalue weighted by Crippen LogP contribution is 2.10. The van der Waals surface area contributed by atoms with Crippen LogP contribution >= 0.6 is 0 Å². The van der Waals surface area contributed by atoms with Crippen LogP contribution in [0.25, 0.3) is 0 Å². The van der Waals surface area contributed by atoms with Crippen molar-refractivity contribution in [1.29, 1.82) is 0 Å². The van der Waals surface area contributed by atoms with Crippen molar-refractivity contribution < 1.29 is 14.6 Å². The van der Waals surface area contributed by atoms with Gasteiger partial charge >= 0.3 is 5.97 Å². The van der Waals surface area contributed by atoms with Crippen molar-refractivity contribution in [3.05, 3.63) is 83.4 Å². The third kappa shape index (κ3) is 11.0. The van der Waals surface area contributed by atoms with Gasteiger partial charge in [0.15, 0.2) is 0 Å². The highest BCUT2D eigenvalue weighted by Gasteiger charge is 2.05. The lowest BCUT2D eigenvalue weighted by Crippen LogP contribution is -2.04. The standard InChI is InChI=1S/C14H12O2.C10H20O/c15-14(13-9-5-2-6-10-13)16-11-12-7-3-1-4-8-12;1-9(2)5-4-6-10(3)7-8-11/h1-10H,11H2;5,10-11H,4,6-8H2,1-3H3. The molecule has 0 aliphatic carbocycles. The van der Waals surface area contributed by atoms with Crippen molar-refractivity contribution in [1.82, 2.24) is 0 Å². The van der Waals surface area contributed by atoms with E-state index in [-0.39, 0.29) is 5.97 Å². The van der Waals surface area contributed by atoms with Crippen LogP contribution in [0.3, 0.4) is 0 Å². The fraction of sp³-hybridized carbons (Fsp3) is 0.375. The second-order valence-corrected chi connectivity index (χ2v) is 6.90. The number of hydrogen-bond acceptors (Lipinski definition) is 3. The molecule has 0 saturated heterocycles. The van der Waals surface area contributed by atoms with Crippen molar-refractivity contribution >= 4 is 5.97 Å². The van der Waals surface area contributed by atoms with E-state index in [9.17, 15) is 4.79 Å². The second-order valence-electron chi connectivity index (χ2n) is 6.90. The molecule has 0 saturated carbocycles. The topological polar surface area (TPSA) is 46.5 Å². The monoisotopic (exact) mass is 368 g/mol. The molecule has 3 nitrogen and oxygen atoms in total. The summed E-state index contributed by atoms with van der Waals surface area (Å²) in [7, 11) is 0. The molecule has 0 fully saturated rings. The molecule has 146 valence electrons. The molecule has 0 aliphatic heterocycles. The highest BCUT2D eigenvalue weighted by molar-refractivity contribution is 5.89. The Bertz CT molecular complexity index is 659. The van der Waals surface area contributed by atoms with Crippen molar-refractivity contribution in [2.75, 3.05) is 6.61 Å². The van der Waals surface area contributed by atoms with Gasteiger partial charge in [0.05, 0.1) is 5.56 Å². The summed E-state index contributed by atoms with van der Waals surface area (Å²) in [5, 5.41) is 8.63. The number of ether oxygens (including phenoxy) is 1. The summed E-state index contributed by atoms with van der Waals surface area (Å²) in [4.78, 5) is 11.6. The van der Waals surface area contributed by atoms with Gasteiger partial charge in [-0.1, -0.05) is 67.1 Å². The summed E-state index contributed by atoms with van der Waals surface area (Å²) in [6.45, 7) is 7.08. The molecule has 0 aliphatic rings. The van der Waals surface area contributed by atoms with Gasteiger partial charge in [-0.2, -0.15) is 0 Å². The van der Waals surface area contributed by atoms with Crippen LogP contribution in [-0.2, 0) is 11.3 Å². The zero-order chi connectivity index (χ0) is 19.9. The molecule has 0 aromatic heterocycles. The van der Waals surface area contributed by atoms with E-state index in [4.69, 9.17) is 9.84 Å². The Hall–Kier alpha value is -2.39. The number of esters is 1. The van der Waals surface area contributed by atoms with Gasteiger partial charge in [-0.25, -0.2) is 4.79 Å². The Morgan fingerprint density at radius 2 is 1.59 bits per heavy atom. The van der Waals surface area contributed by atoms with E-state index < -0.39 is 0 Å². The Morgan fingerprint density at radius 3 is 2.15 bits per heavy atom. The Balaban J connectivity index is 0.000000293. The molecular formula is C24H32O3. The van der Waals surface area contributed by atoms with Crippen molar-refractivity contribution in [2.24, 2.45) is 5.92 Å². The molecule has 0 radical (unpaired) electrons. The summed E-state index contributed by atoms with van der Waals surface area (Å²) in [5.74, 6) is 0.375. The zero-order valence-electron chi connectivity index (χ0n) is 16.7. The van der Waals surface area contributed by atoms with Crippen LogP contribution in [-0.4, -0.2) is 17.7 Å². The molecule has 27 heavy (non-hydrogen) atoms. The summed E-state index contributed by atoms with van der Waals surface area (Å²) < 4.78 is 5.18. The third-order valence-electron chi connectivity index (χ3n) is 4.06. The lowest BCUT2D eigenvalue weighted by molar-refractivity contribution is 0.0472. The first-order valence-corrected chi connectivity index (χ1v) is 9.53. The maximum atomic E-state index is 11.6. The summed E-state index contributed by atoms with van der Waals surface area (Å²) in [6, 6.07) is 18.6. The minimum atomic E-state index is -0.288. The number of carbonyl (C=O) groups excluding carboxylic acids is 1. The van der Waals surface area contributed by atoms with Crippen LogP contribution in [0, 0.1) is 5.92 Å². The lowest BCUT2D eigenvalue weighted by atomic mass is 10.0. The maximum absolute atomic E-state index is 11.6. The van der Waals surface area contributed by atoms with Crippen molar-refractivity contribution in [2.45, 2.75) is 46.6 Å². The van der Waals surface area contributed by atoms with E-state index in [1.165, 1.54) is 12.0 Å². The Morgan fingerprint density at radius 1 is 1.00 bits per heavy atom. The Kier molecular flexibility index (Phi) is 11.5. The summed E-state index contributed by atoms with van der Waals surface area (Å²) in [6.07, 6.45) is 5.56. The third-order valence-corrected chi connectivity index (χ3v) is 4.06. The van der Waals surface area contributed by atoms with Gasteiger partial charge in [0, 0.05) is 6.61 Å². The number of allylic oxidation sites excluding steroid dienone is 2. The minimum absolute atomic E-state index is 0.288. The molecule has 1 N–H and O–H groups in total. The van der Waals surface area contributed by atoms with Gasteiger partial charge in [0.2, 0.25) is 0 Å². The van der Waals surface area contributed by atoms with Crippen LogP contribution in [0.4, 0.5) is 0 Å². The van der Waals surface area contributed by atoms with Gasteiger partial charge in [-0.15, -0.1) is 0 Å². The predicted molar refractivity (Wildman–Crippen MR) is 112 cm³/mol. The molecule has 0 heterocycles. The van der Waals surface area contributed by atoms with Crippen LogP contribution < -0.4 is 0 Å². The number of carbonyl (C=O) groups is 1. The minimum Gasteiger partial charge on any atom is -0.457 e. The van der Waals surface area contributed by atoms with E-state index in [1.807, 2.05) is 48.5 Å². The highest BCUT2D eigenvalue weighted by atomic mass is 16.5. The van der Waals surface area contributed by atoms with Gasteiger partial charge in [0.1, 0.15) is 6.61 Å². The first-order valence-electron chi connectivity index (χ1n) is 9.53.